The van der Waals surface area contributed by atoms with Gasteiger partial charge in [0.05, 0.1) is 5.09 Å². The van der Waals surface area contributed by atoms with Crippen LogP contribution in [0.15, 0.2) is 0 Å². The molecular formula is H4HfN2O3. The number of nitrogens with zero attached hydrogens (tertiary/aromatic N) is 1. The molecule has 0 aliphatic heterocycles. The largest absolute Gasteiger partial charge is 0.369 e. The van der Waals surface area contributed by atoms with Crippen LogP contribution in [0.1, 0.15) is 0 Å². The zero-order chi connectivity index (χ0) is 3.58. The Kier molecular flexibility index (Phi) is 24.6. The predicted octanol–water partition coefficient (Wildman–Crippen LogP) is 0.135. The average Bonchev–Trinajstić information content (AvgIpc) is 0.811. The number of quaternary nitrogens is 1. The first-order chi connectivity index (χ1) is 1.73. The normalized spacial score (nSPS) is 4.00. The van der Waals surface area contributed by atoms with E-state index in [2.05, 4.69) is 0 Å². The monoisotopic (exact) mass is 260 g/mol. The van der Waals surface area contributed by atoms with Crippen molar-refractivity contribution in [2.24, 2.45) is 0 Å². The quantitative estimate of drug-likeness (QED) is 0.379. The molecule has 0 radical (unpaired) electrons. The van der Waals surface area contributed by atoms with Crippen molar-refractivity contribution in [2.75, 3.05) is 0 Å². The van der Waals surface area contributed by atoms with Crippen LogP contribution in [-0.2, 0) is 25.8 Å². The summed E-state index contributed by atoms with van der Waals surface area (Å²) in [6, 6.07) is 0. The predicted molar refractivity (Wildman–Crippen MR) is 16.3 cm³/mol. The van der Waals surface area contributed by atoms with E-state index in [1.165, 1.54) is 0 Å². The van der Waals surface area contributed by atoms with Crippen molar-refractivity contribution in [2.45, 2.75) is 0 Å². The average molecular weight is 259 g/mol. The molecule has 0 aliphatic carbocycles. The number of hydrogen-bond acceptors (Lipinski definition) is 3. The third-order valence-corrected chi connectivity index (χ3v) is 0. The Balaban J connectivity index is -0.0000000450. The maximum absolute atomic E-state index is 8.25. The summed E-state index contributed by atoms with van der Waals surface area (Å²) in [5, 5.41) is 14.8. The molecule has 5 nitrogen and oxygen atoms in total. The van der Waals surface area contributed by atoms with Crippen LogP contribution in [-0.4, -0.2) is 5.09 Å². The second-order valence-electron chi connectivity index (χ2n) is 0.224. The Hall–Kier alpha value is 0.0301. The van der Waals surface area contributed by atoms with Crippen molar-refractivity contribution < 1.29 is 30.9 Å². The van der Waals surface area contributed by atoms with Gasteiger partial charge in [0.15, 0.2) is 0 Å². The summed E-state index contributed by atoms with van der Waals surface area (Å²) in [5.74, 6) is 0. The van der Waals surface area contributed by atoms with Gasteiger partial charge in [0, 0.05) is 25.8 Å². The van der Waals surface area contributed by atoms with E-state index >= 15 is 0 Å². The maximum atomic E-state index is 8.25. The first kappa shape index (κ1) is 16.6. The van der Waals surface area contributed by atoms with Crippen LogP contribution < -0.4 is 6.15 Å². The van der Waals surface area contributed by atoms with Crippen molar-refractivity contribution in [3.63, 3.8) is 0 Å². The van der Waals surface area contributed by atoms with E-state index < -0.39 is 5.09 Å². The van der Waals surface area contributed by atoms with Gasteiger partial charge in [-0.15, -0.1) is 0 Å². The van der Waals surface area contributed by atoms with Gasteiger partial charge in [-0.2, -0.15) is 0 Å². The van der Waals surface area contributed by atoms with Crippen LogP contribution in [0.5, 0.6) is 0 Å². The third-order valence-electron chi connectivity index (χ3n) is 0. The Morgan fingerprint density at radius 1 is 1.33 bits per heavy atom. The minimum atomic E-state index is -1.75. The summed E-state index contributed by atoms with van der Waals surface area (Å²) in [6.07, 6.45) is 0. The summed E-state index contributed by atoms with van der Waals surface area (Å²) in [4.78, 5) is 8.25. The van der Waals surface area contributed by atoms with Crippen LogP contribution in [0.25, 0.3) is 0 Å². The Bertz CT molecular complexity index is 31.8. The van der Waals surface area contributed by atoms with E-state index in [0.717, 1.165) is 0 Å². The van der Waals surface area contributed by atoms with Crippen LogP contribution in [0, 0.1) is 15.3 Å². The molecule has 0 atom stereocenters. The Morgan fingerprint density at radius 2 is 1.33 bits per heavy atom. The van der Waals surface area contributed by atoms with Crippen LogP contribution in [0.4, 0.5) is 0 Å². The van der Waals surface area contributed by atoms with Crippen molar-refractivity contribution >= 4 is 0 Å². The van der Waals surface area contributed by atoms with E-state index in [1.807, 2.05) is 0 Å². The van der Waals surface area contributed by atoms with Gasteiger partial charge in [-0.1, -0.05) is 0 Å². The van der Waals surface area contributed by atoms with Gasteiger partial charge in [-0.25, -0.2) is 0 Å². The van der Waals surface area contributed by atoms with Crippen molar-refractivity contribution in [1.82, 2.24) is 6.15 Å². The zero-order valence-electron chi connectivity index (χ0n) is 3.17. The van der Waals surface area contributed by atoms with Gasteiger partial charge in [0.1, 0.15) is 0 Å². The molecule has 0 saturated carbocycles. The standard InChI is InChI=1S/Hf.NO3.H3N/c;2-1(3)4;/h;;1H3/q;-1;/p+1. The summed E-state index contributed by atoms with van der Waals surface area (Å²) in [5.41, 5.74) is 0. The van der Waals surface area contributed by atoms with Crippen LogP contribution in [0.2, 0.25) is 0 Å². The van der Waals surface area contributed by atoms with Gasteiger partial charge in [0.25, 0.3) is 0 Å². The first-order valence-corrected chi connectivity index (χ1v) is 0.548. The summed E-state index contributed by atoms with van der Waals surface area (Å²) in [6.45, 7) is 0. The van der Waals surface area contributed by atoms with E-state index in [0.29, 0.717) is 0 Å². The minimum Gasteiger partial charge on any atom is -0.369 e. The molecule has 0 unspecified atom stereocenters. The second-order valence-corrected chi connectivity index (χ2v) is 0.224. The molecule has 0 aromatic carbocycles. The van der Waals surface area contributed by atoms with Crippen molar-refractivity contribution in [3.8, 4) is 0 Å². The molecule has 0 spiro atoms. The fraction of sp³-hybridized carbons (Fsp3) is 0. The van der Waals surface area contributed by atoms with Crippen molar-refractivity contribution in [3.05, 3.63) is 15.3 Å². The minimum absolute atomic E-state index is 0. The first-order valence-electron chi connectivity index (χ1n) is 0.548. The molecule has 0 aromatic rings. The summed E-state index contributed by atoms with van der Waals surface area (Å²) in [7, 11) is 0. The molecule has 0 fully saturated rings. The Labute approximate surface area is 52.8 Å². The molecule has 6 heteroatoms. The SMILES string of the molecule is O=[N+]([O-])[O-].[Hf].[NH4+]. The smallest absolute Gasteiger partial charge is 0.0689 e. The molecule has 0 aromatic heterocycles. The van der Waals surface area contributed by atoms with E-state index in [-0.39, 0.29) is 32.0 Å². The summed E-state index contributed by atoms with van der Waals surface area (Å²) >= 11 is 0. The maximum Gasteiger partial charge on any atom is 0.0689 e. The topological polar surface area (TPSA) is 103 Å². The van der Waals surface area contributed by atoms with Gasteiger partial charge < -0.3 is 21.5 Å². The van der Waals surface area contributed by atoms with Crippen LogP contribution in [0.3, 0.4) is 0 Å². The van der Waals surface area contributed by atoms with Gasteiger partial charge in [0.2, 0.25) is 0 Å². The molecule has 0 bridgehead atoms. The van der Waals surface area contributed by atoms with E-state index in [1.54, 1.807) is 0 Å². The molecule has 0 heterocycles. The van der Waals surface area contributed by atoms with Gasteiger partial charge >= 0.3 is 0 Å². The molecule has 4 N–H and O–H groups in total. The second kappa shape index (κ2) is 8.90. The fourth-order valence-electron chi connectivity index (χ4n) is 0. The van der Waals surface area contributed by atoms with Gasteiger partial charge in [-0.05, 0) is 0 Å². The summed E-state index contributed by atoms with van der Waals surface area (Å²) < 4.78 is 0. The van der Waals surface area contributed by atoms with E-state index in [9.17, 15) is 0 Å². The zero-order valence-corrected chi connectivity index (χ0v) is 6.76. The molecule has 6 heavy (non-hydrogen) atoms. The molecule has 0 saturated heterocycles. The number of rotatable bonds is 0. The van der Waals surface area contributed by atoms with Gasteiger partial charge in [-0.3, -0.25) is 0 Å². The molecule has 0 aliphatic rings. The third kappa shape index (κ3) is 40800. The van der Waals surface area contributed by atoms with E-state index in [4.69, 9.17) is 15.3 Å². The number of hydrogen-bond donors (Lipinski definition) is 1. The van der Waals surface area contributed by atoms with Crippen LogP contribution >= 0.6 is 0 Å². The molecule has 36 valence electrons. The molecular weight excluding hydrogens is 255 g/mol. The Morgan fingerprint density at radius 3 is 1.33 bits per heavy atom. The molecule has 0 rings (SSSR count). The fourth-order valence-corrected chi connectivity index (χ4v) is 0. The van der Waals surface area contributed by atoms with Crippen molar-refractivity contribution in [1.29, 1.82) is 0 Å². The molecule has 0 amide bonds.